The van der Waals surface area contributed by atoms with Gasteiger partial charge in [0.1, 0.15) is 5.75 Å². The summed E-state index contributed by atoms with van der Waals surface area (Å²) in [7, 11) is 0. The van der Waals surface area contributed by atoms with Gasteiger partial charge in [0.05, 0.1) is 12.7 Å². The molecule has 1 amide bonds. The number of piperidine rings is 1. The van der Waals surface area contributed by atoms with E-state index < -0.39 is 0 Å². The van der Waals surface area contributed by atoms with Gasteiger partial charge in [0.2, 0.25) is 0 Å². The molecule has 2 heterocycles. The van der Waals surface area contributed by atoms with Crippen LogP contribution in [0.2, 0.25) is 5.02 Å². The number of rotatable bonds is 6. The molecule has 2 fully saturated rings. The molecule has 4 nitrogen and oxygen atoms in total. The largest absolute Gasteiger partial charge is 0.484 e. The molecule has 1 N–H and O–H groups in total. The van der Waals surface area contributed by atoms with Crippen molar-refractivity contribution in [2.24, 2.45) is 5.41 Å². The first-order valence-corrected chi connectivity index (χ1v) is 13.8. The summed E-state index contributed by atoms with van der Waals surface area (Å²) in [5, 5.41) is 6.54. The van der Waals surface area contributed by atoms with Gasteiger partial charge in [-0.05, 0) is 66.8 Å². The second-order valence-corrected chi connectivity index (χ2v) is 11.2. The number of amides is 1. The maximum absolute atomic E-state index is 13.3. The molecule has 0 radical (unpaired) electrons. The first-order valence-electron chi connectivity index (χ1n) is 12.6. The van der Waals surface area contributed by atoms with E-state index in [4.69, 9.17) is 16.3 Å². The van der Waals surface area contributed by atoms with Crippen LogP contribution in [0.1, 0.15) is 75.5 Å². The number of hydrogen-bond acceptors (Lipinski definition) is 4. The number of carbonyl (C=O) groups is 1. The molecular weight excluding hydrogens is 452 g/mol. The summed E-state index contributed by atoms with van der Waals surface area (Å²) in [6.45, 7) is 1.69. The molecule has 1 aliphatic carbocycles. The van der Waals surface area contributed by atoms with Crippen molar-refractivity contribution >= 4 is 28.8 Å². The zero-order chi connectivity index (χ0) is 22.9. The summed E-state index contributed by atoms with van der Waals surface area (Å²) in [6, 6.07) is 11.3. The fourth-order valence-electron chi connectivity index (χ4n) is 5.37. The molecule has 1 aromatic carbocycles. The lowest BCUT2D eigenvalue weighted by Gasteiger charge is -2.45. The highest BCUT2D eigenvalue weighted by Crippen LogP contribution is 2.40. The molecule has 6 heteroatoms. The summed E-state index contributed by atoms with van der Waals surface area (Å²) in [6.07, 6.45) is 14.6. The lowest BCUT2D eigenvalue weighted by Crippen LogP contribution is -2.56. The van der Waals surface area contributed by atoms with Crippen molar-refractivity contribution < 1.29 is 9.53 Å². The minimum Gasteiger partial charge on any atom is -0.484 e. The van der Waals surface area contributed by atoms with Gasteiger partial charge in [0.15, 0.2) is 6.61 Å². The Labute approximate surface area is 207 Å². The normalized spacial score (nSPS) is 21.4. The van der Waals surface area contributed by atoms with Gasteiger partial charge in [0, 0.05) is 16.4 Å². The maximum atomic E-state index is 13.3. The standard InChI is InChI=1S/C27H37ClN2O2S/c28-22-10-12-23(13-11-22)32-20-26(31)30(19-24-9-8-18-33-24)25-14-17-27(21-29-25)15-6-4-2-1-3-5-7-16-27/h8-13,18,25,29H,1-7,14-17,19-21H2. The van der Waals surface area contributed by atoms with Crippen LogP contribution >= 0.6 is 22.9 Å². The Bertz CT molecular complexity index is 836. The van der Waals surface area contributed by atoms with E-state index in [2.05, 4.69) is 22.8 Å². The second kappa shape index (κ2) is 12.2. The summed E-state index contributed by atoms with van der Waals surface area (Å²) in [5.74, 6) is 0.693. The predicted molar refractivity (Wildman–Crippen MR) is 137 cm³/mol. The zero-order valence-corrected chi connectivity index (χ0v) is 21.1. The maximum Gasteiger partial charge on any atom is 0.262 e. The third-order valence-corrected chi connectivity index (χ3v) is 8.47. The average molecular weight is 489 g/mol. The van der Waals surface area contributed by atoms with Crippen LogP contribution in [-0.2, 0) is 11.3 Å². The van der Waals surface area contributed by atoms with Crippen molar-refractivity contribution in [2.45, 2.75) is 83.3 Å². The molecule has 33 heavy (non-hydrogen) atoms. The van der Waals surface area contributed by atoms with Gasteiger partial charge in [0.25, 0.3) is 5.91 Å². The molecule has 1 aromatic heterocycles. The van der Waals surface area contributed by atoms with Crippen LogP contribution in [0.25, 0.3) is 0 Å². The molecule has 4 rings (SSSR count). The molecule has 1 spiro atoms. The fourth-order valence-corrected chi connectivity index (χ4v) is 6.20. The van der Waals surface area contributed by atoms with Gasteiger partial charge < -0.3 is 9.64 Å². The SMILES string of the molecule is O=C(COc1ccc(Cl)cc1)N(Cc1cccs1)C1CCC2(CCCCCCCCC2)CN1. The molecule has 1 saturated carbocycles. The highest BCUT2D eigenvalue weighted by atomic mass is 35.5. The Kier molecular flexibility index (Phi) is 9.10. The van der Waals surface area contributed by atoms with Gasteiger partial charge in [-0.2, -0.15) is 0 Å². The van der Waals surface area contributed by atoms with Gasteiger partial charge in [-0.25, -0.2) is 0 Å². The fraction of sp³-hybridized carbons (Fsp3) is 0.593. The Balaban J connectivity index is 1.39. The number of hydrogen-bond donors (Lipinski definition) is 1. The molecule has 1 aliphatic heterocycles. The lowest BCUT2D eigenvalue weighted by molar-refractivity contribution is -0.138. The molecule has 1 unspecified atom stereocenters. The van der Waals surface area contributed by atoms with E-state index in [-0.39, 0.29) is 18.7 Å². The number of ether oxygens (including phenoxy) is 1. The monoisotopic (exact) mass is 488 g/mol. The first kappa shape index (κ1) is 24.6. The smallest absolute Gasteiger partial charge is 0.262 e. The third-order valence-electron chi connectivity index (χ3n) is 7.35. The lowest BCUT2D eigenvalue weighted by atomic mass is 9.71. The van der Waals surface area contributed by atoms with E-state index >= 15 is 0 Å². The van der Waals surface area contributed by atoms with Crippen molar-refractivity contribution in [3.05, 3.63) is 51.7 Å². The minimum atomic E-state index is 0.0257. The van der Waals surface area contributed by atoms with Gasteiger partial charge in [-0.15, -0.1) is 11.3 Å². The van der Waals surface area contributed by atoms with Crippen molar-refractivity contribution in [1.82, 2.24) is 10.2 Å². The summed E-state index contributed by atoms with van der Waals surface area (Å²) < 4.78 is 5.81. The number of nitrogens with zero attached hydrogens (tertiary/aromatic N) is 1. The molecule has 1 saturated heterocycles. The van der Waals surface area contributed by atoms with Crippen molar-refractivity contribution in [3.8, 4) is 5.75 Å². The number of nitrogens with one attached hydrogen (secondary N) is 1. The van der Waals surface area contributed by atoms with Gasteiger partial charge >= 0.3 is 0 Å². The highest BCUT2D eigenvalue weighted by Gasteiger charge is 2.37. The van der Waals surface area contributed by atoms with Crippen LogP contribution in [0.15, 0.2) is 41.8 Å². The first-order chi connectivity index (χ1) is 16.1. The molecule has 2 aliphatic rings. The van der Waals surface area contributed by atoms with Crippen molar-refractivity contribution in [1.29, 1.82) is 0 Å². The Morgan fingerprint density at radius 2 is 1.73 bits per heavy atom. The van der Waals surface area contributed by atoms with Crippen molar-refractivity contribution in [3.63, 3.8) is 0 Å². The van der Waals surface area contributed by atoms with Crippen LogP contribution in [0.3, 0.4) is 0 Å². The quantitative estimate of drug-likeness (QED) is 0.474. The van der Waals surface area contributed by atoms with Crippen LogP contribution in [0, 0.1) is 5.41 Å². The number of benzene rings is 1. The van der Waals surface area contributed by atoms with E-state index in [0.29, 0.717) is 22.7 Å². The summed E-state index contributed by atoms with van der Waals surface area (Å²) in [5.41, 5.74) is 0.408. The van der Waals surface area contributed by atoms with Gasteiger partial charge in [-0.1, -0.05) is 62.6 Å². The predicted octanol–water partition coefficient (Wildman–Crippen LogP) is 7.03. The van der Waals surface area contributed by atoms with Crippen LogP contribution in [0.5, 0.6) is 5.75 Å². The molecule has 0 bridgehead atoms. The Morgan fingerprint density at radius 1 is 1.03 bits per heavy atom. The molecule has 180 valence electrons. The van der Waals surface area contributed by atoms with Crippen LogP contribution in [0.4, 0.5) is 0 Å². The third kappa shape index (κ3) is 7.21. The molecular formula is C27H37ClN2O2S. The van der Waals surface area contributed by atoms with E-state index in [1.165, 1.54) is 69.1 Å². The highest BCUT2D eigenvalue weighted by molar-refractivity contribution is 7.09. The molecule has 2 aromatic rings. The van der Waals surface area contributed by atoms with Crippen molar-refractivity contribution in [2.75, 3.05) is 13.2 Å². The number of carbonyl (C=O) groups excluding carboxylic acids is 1. The minimum absolute atomic E-state index is 0.0257. The van der Waals surface area contributed by atoms with Crippen LogP contribution < -0.4 is 10.1 Å². The zero-order valence-electron chi connectivity index (χ0n) is 19.6. The van der Waals surface area contributed by atoms with Crippen LogP contribution in [-0.4, -0.2) is 30.1 Å². The topological polar surface area (TPSA) is 41.6 Å². The number of halogens is 1. The van der Waals surface area contributed by atoms with E-state index in [9.17, 15) is 4.79 Å². The Hall–Kier alpha value is -1.56. The van der Waals surface area contributed by atoms with E-state index in [0.717, 1.165) is 13.0 Å². The Morgan fingerprint density at radius 3 is 2.33 bits per heavy atom. The summed E-state index contributed by atoms with van der Waals surface area (Å²) in [4.78, 5) is 16.5. The average Bonchev–Trinajstić information content (AvgIpc) is 3.35. The number of thiophene rings is 1. The second-order valence-electron chi connectivity index (χ2n) is 9.75. The van der Waals surface area contributed by atoms with E-state index in [1.807, 2.05) is 4.90 Å². The van der Waals surface area contributed by atoms with Gasteiger partial charge in [-0.3, -0.25) is 10.1 Å². The van der Waals surface area contributed by atoms with E-state index in [1.54, 1.807) is 35.6 Å². The molecule has 1 atom stereocenters. The summed E-state index contributed by atoms with van der Waals surface area (Å²) >= 11 is 7.67.